The summed E-state index contributed by atoms with van der Waals surface area (Å²) in [6.07, 6.45) is 2.48. The van der Waals surface area contributed by atoms with E-state index in [4.69, 9.17) is 14.2 Å². The Labute approximate surface area is 265 Å². The van der Waals surface area contributed by atoms with E-state index in [1.807, 2.05) is 43.3 Å². The first-order chi connectivity index (χ1) is 21.3. The number of thioether (sulfide) groups is 1. The number of hydrogen-bond acceptors (Lipinski definition) is 8. The van der Waals surface area contributed by atoms with Crippen molar-refractivity contribution in [2.45, 2.75) is 42.2 Å². The van der Waals surface area contributed by atoms with E-state index in [0.717, 1.165) is 34.6 Å². The lowest BCUT2D eigenvalue weighted by Gasteiger charge is -2.22. The number of methoxy groups -OCH3 is 3. The fraction of sp³-hybridized carbons (Fsp3) is 0.265. The first-order valence-electron chi connectivity index (χ1n) is 14.2. The van der Waals surface area contributed by atoms with Crippen molar-refractivity contribution in [1.29, 1.82) is 0 Å². The minimum Gasteiger partial charge on any atom is -0.496 e. The zero-order valence-electron chi connectivity index (χ0n) is 25.0. The highest BCUT2D eigenvalue weighted by atomic mass is 32.2. The van der Waals surface area contributed by atoms with Gasteiger partial charge in [-0.15, -0.1) is 23.1 Å². The minimum absolute atomic E-state index is 0.230. The molecule has 3 aromatic carbocycles. The lowest BCUT2D eigenvalue weighted by atomic mass is 9.83. The summed E-state index contributed by atoms with van der Waals surface area (Å²) < 4.78 is 15.8. The molecule has 8 nitrogen and oxygen atoms in total. The summed E-state index contributed by atoms with van der Waals surface area (Å²) in [7, 11) is 4.36. The second kappa shape index (κ2) is 14.0. The van der Waals surface area contributed by atoms with Gasteiger partial charge in [0.05, 0.1) is 32.1 Å². The fourth-order valence-electron chi connectivity index (χ4n) is 5.39. The fourth-order valence-corrected chi connectivity index (χ4v) is 7.63. The van der Waals surface area contributed by atoms with Crippen LogP contribution < -0.4 is 20.1 Å². The minimum atomic E-state index is -0.489. The Morgan fingerprint density at radius 2 is 1.59 bits per heavy atom. The third-order valence-electron chi connectivity index (χ3n) is 7.59. The van der Waals surface area contributed by atoms with Crippen LogP contribution >= 0.6 is 23.1 Å². The number of rotatable bonds is 10. The molecule has 1 aliphatic rings. The van der Waals surface area contributed by atoms with Crippen LogP contribution in [0.5, 0.6) is 11.5 Å². The number of benzene rings is 3. The van der Waals surface area contributed by atoms with Gasteiger partial charge in [0, 0.05) is 15.5 Å². The van der Waals surface area contributed by atoms with Crippen molar-refractivity contribution in [3.8, 4) is 11.5 Å². The van der Waals surface area contributed by atoms with E-state index in [1.54, 1.807) is 24.3 Å². The van der Waals surface area contributed by atoms with Crippen molar-refractivity contribution < 1.29 is 28.6 Å². The van der Waals surface area contributed by atoms with Crippen LogP contribution in [0.15, 0.2) is 77.7 Å². The van der Waals surface area contributed by atoms with Crippen LogP contribution in [-0.4, -0.2) is 44.4 Å². The summed E-state index contributed by atoms with van der Waals surface area (Å²) in [5, 5.41) is 5.95. The Morgan fingerprint density at radius 3 is 2.27 bits per heavy atom. The number of ether oxygens (including phenoxy) is 3. The van der Waals surface area contributed by atoms with Crippen LogP contribution in [0.25, 0.3) is 0 Å². The zero-order valence-corrected chi connectivity index (χ0v) is 26.6. The summed E-state index contributed by atoms with van der Waals surface area (Å²) >= 11 is 2.81. The lowest BCUT2D eigenvalue weighted by molar-refractivity contribution is -0.115. The zero-order chi connectivity index (χ0) is 31.2. The average Bonchev–Trinajstić information content (AvgIpc) is 3.41. The molecule has 0 saturated carbocycles. The van der Waals surface area contributed by atoms with Crippen molar-refractivity contribution >= 4 is 51.6 Å². The molecule has 0 spiro atoms. The molecule has 0 saturated heterocycles. The van der Waals surface area contributed by atoms with Gasteiger partial charge >= 0.3 is 5.97 Å². The van der Waals surface area contributed by atoms with Gasteiger partial charge < -0.3 is 24.8 Å². The molecule has 10 heteroatoms. The average molecular weight is 631 g/mol. The Bertz CT molecular complexity index is 1650. The second-order valence-corrected chi connectivity index (χ2v) is 12.8. The second-order valence-electron chi connectivity index (χ2n) is 10.3. The van der Waals surface area contributed by atoms with Gasteiger partial charge in [-0.05, 0) is 73.6 Å². The first-order valence-corrected chi connectivity index (χ1v) is 15.9. The maximum absolute atomic E-state index is 13.4. The number of esters is 1. The van der Waals surface area contributed by atoms with Gasteiger partial charge in [0.25, 0.3) is 5.91 Å². The quantitative estimate of drug-likeness (QED) is 0.141. The molecule has 2 amide bonds. The van der Waals surface area contributed by atoms with E-state index in [9.17, 15) is 14.4 Å². The van der Waals surface area contributed by atoms with E-state index < -0.39 is 11.2 Å². The normalized spacial score (nSPS) is 14.6. The highest BCUT2D eigenvalue weighted by Gasteiger charge is 2.31. The van der Waals surface area contributed by atoms with Crippen LogP contribution in [0.3, 0.4) is 0 Å². The molecule has 2 N–H and O–H groups in total. The molecule has 2 unspecified atom stereocenters. The van der Waals surface area contributed by atoms with Gasteiger partial charge in [-0.25, -0.2) is 4.79 Å². The summed E-state index contributed by atoms with van der Waals surface area (Å²) in [5.74, 6) is 0.115. The number of hydrogen-bond donors (Lipinski definition) is 2. The number of carbonyl (C=O) groups is 3. The number of thiophene rings is 1. The van der Waals surface area contributed by atoms with Crippen molar-refractivity contribution in [2.75, 3.05) is 32.0 Å². The largest absolute Gasteiger partial charge is 0.496 e. The number of amides is 2. The van der Waals surface area contributed by atoms with E-state index in [1.165, 1.54) is 50.0 Å². The molecule has 1 heterocycles. The Morgan fingerprint density at radius 1 is 0.886 bits per heavy atom. The molecule has 44 heavy (non-hydrogen) atoms. The number of carbonyl (C=O) groups excluding carboxylic acids is 3. The Hall–Kier alpha value is -4.28. The monoisotopic (exact) mass is 630 g/mol. The molecule has 2 atom stereocenters. The molecule has 0 fully saturated rings. The molecule has 0 radical (unpaired) electrons. The predicted molar refractivity (Wildman–Crippen MR) is 175 cm³/mol. The van der Waals surface area contributed by atoms with Gasteiger partial charge in [0.1, 0.15) is 22.1 Å². The van der Waals surface area contributed by atoms with E-state index in [2.05, 4.69) is 22.8 Å². The van der Waals surface area contributed by atoms with Crippen LogP contribution in [0.4, 0.5) is 10.7 Å². The van der Waals surface area contributed by atoms with Gasteiger partial charge in [-0.3, -0.25) is 9.59 Å². The van der Waals surface area contributed by atoms with E-state index >= 15 is 0 Å². The van der Waals surface area contributed by atoms with Crippen LogP contribution in [0, 0.1) is 0 Å². The van der Waals surface area contributed by atoms with Crippen molar-refractivity contribution in [3.63, 3.8) is 0 Å². The van der Waals surface area contributed by atoms with Crippen molar-refractivity contribution in [1.82, 2.24) is 0 Å². The topological polar surface area (TPSA) is 103 Å². The molecular weight excluding hydrogens is 597 g/mol. The molecule has 1 aromatic heterocycles. The first kappa shape index (κ1) is 31.2. The van der Waals surface area contributed by atoms with Gasteiger partial charge in [-0.2, -0.15) is 0 Å². The third-order valence-corrected chi connectivity index (χ3v) is 9.85. The third kappa shape index (κ3) is 6.76. The highest BCUT2D eigenvalue weighted by Crippen LogP contribution is 2.43. The smallest absolute Gasteiger partial charge is 0.341 e. The number of nitrogens with one attached hydrogen (secondary N) is 2. The molecule has 0 bridgehead atoms. The maximum Gasteiger partial charge on any atom is 0.341 e. The molecular formula is C34H34N2O6S2. The summed E-state index contributed by atoms with van der Waals surface area (Å²) in [4.78, 5) is 41.3. The van der Waals surface area contributed by atoms with Crippen LogP contribution in [0.1, 0.15) is 56.0 Å². The predicted octanol–water partition coefficient (Wildman–Crippen LogP) is 7.20. The Balaban J connectivity index is 1.29. The van der Waals surface area contributed by atoms with Gasteiger partial charge in [0.15, 0.2) is 0 Å². The van der Waals surface area contributed by atoms with E-state index in [-0.39, 0.29) is 11.8 Å². The van der Waals surface area contributed by atoms with Crippen molar-refractivity contribution in [2.24, 2.45) is 0 Å². The van der Waals surface area contributed by atoms with Crippen molar-refractivity contribution in [3.05, 3.63) is 99.9 Å². The highest BCUT2D eigenvalue weighted by molar-refractivity contribution is 8.00. The molecule has 228 valence electrons. The molecule has 0 aliphatic heterocycles. The standard InChI is InChI=1S/C34H34N2O6S2/c1-20(43-24-13-8-12-23(19-24)35-32(38)30-26(40-2)14-9-15-27(30)41-3)31(37)36-33-29(34(39)42-4)25-17-16-22(18-28(25)44-33)21-10-6-5-7-11-21/h5-15,19-20,22H,16-18H2,1-4H3,(H,35,38)(H,36,37). The lowest BCUT2D eigenvalue weighted by Crippen LogP contribution is -2.23. The van der Waals surface area contributed by atoms with Gasteiger partial charge in [-0.1, -0.05) is 42.5 Å². The van der Waals surface area contributed by atoms with Crippen LogP contribution in [0.2, 0.25) is 0 Å². The van der Waals surface area contributed by atoms with Crippen LogP contribution in [-0.2, 0) is 22.4 Å². The molecule has 5 rings (SSSR count). The summed E-state index contributed by atoms with van der Waals surface area (Å²) in [6.45, 7) is 1.81. The number of fused-ring (bicyclic) bond motifs is 1. The summed E-state index contributed by atoms with van der Waals surface area (Å²) in [5.41, 5.74) is 3.56. The number of anilines is 2. The molecule has 1 aliphatic carbocycles. The summed E-state index contributed by atoms with van der Waals surface area (Å²) in [6, 6.07) is 22.8. The van der Waals surface area contributed by atoms with E-state index in [0.29, 0.717) is 39.2 Å². The Kier molecular flexibility index (Phi) is 9.92. The maximum atomic E-state index is 13.4. The SMILES string of the molecule is COC(=O)c1c(NC(=O)C(C)Sc2cccc(NC(=O)c3c(OC)cccc3OC)c2)sc2c1CCC(c1ccccc1)C2. The van der Waals surface area contributed by atoms with Gasteiger partial charge in [0.2, 0.25) is 5.91 Å². The molecule has 4 aromatic rings.